The second-order valence-electron chi connectivity index (χ2n) is 3.42. The van der Waals surface area contributed by atoms with Gasteiger partial charge in [-0.25, -0.2) is 4.79 Å². The van der Waals surface area contributed by atoms with Crippen molar-refractivity contribution in [2.45, 2.75) is 27.3 Å². The summed E-state index contributed by atoms with van der Waals surface area (Å²) in [4.78, 5) is 11.4. The van der Waals surface area contributed by atoms with E-state index in [0.29, 0.717) is 12.5 Å². The van der Waals surface area contributed by atoms with Gasteiger partial charge in [-0.05, 0) is 12.8 Å². The van der Waals surface area contributed by atoms with E-state index in [0.717, 1.165) is 6.54 Å². The van der Waals surface area contributed by atoms with Crippen LogP contribution in [0.1, 0.15) is 31.4 Å². The third-order valence-electron chi connectivity index (χ3n) is 1.64. The number of nitrogens with zero attached hydrogens (tertiary/aromatic N) is 3. The van der Waals surface area contributed by atoms with Crippen LogP contribution in [-0.4, -0.2) is 27.3 Å². The van der Waals surface area contributed by atoms with E-state index in [4.69, 9.17) is 4.74 Å². The van der Waals surface area contributed by atoms with Gasteiger partial charge in [0.25, 0.3) is 0 Å². The predicted octanol–water partition coefficient (Wildman–Crippen LogP) is 1.11. The Balaban J connectivity index is 2.76. The molecule has 0 fully saturated rings. The lowest BCUT2D eigenvalue weighted by atomic mass is 10.2. The van der Waals surface area contributed by atoms with E-state index in [2.05, 4.69) is 24.0 Å². The van der Waals surface area contributed by atoms with Crippen molar-refractivity contribution in [3.05, 3.63) is 12.2 Å². The zero-order valence-electron chi connectivity index (χ0n) is 8.73. The van der Waals surface area contributed by atoms with E-state index in [9.17, 15) is 4.79 Å². The summed E-state index contributed by atoms with van der Waals surface area (Å²) >= 11 is 0. The molecule has 0 saturated carbocycles. The molecule has 1 aromatic rings. The van der Waals surface area contributed by atoms with Gasteiger partial charge in [-0.3, -0.25) is 0 Å². The number of esters is 1. The van der Waals surface area contributed by atoms with Crippen LogP contribution in [0.3, 0.4) is 0 Å². The van der Waals surface area contributed by atoms with Crippen molar-refractivity contribution >= 4 is 5.97 Å². The normalized spacial score (nSPS) is 10.6. The van der Waals surface area contributed by atoms with Crippen molar-refractivity contribution in [1.82, 2.24) is 14.8 Å². The molecule has 0 aromatic carbocycles. The maximum atomic E-state index is 11.4. The summed E-state index contributed by atoms with van der Waals surface area (Å²) in [5.41, 5.74) is 0. The first kappa shape index (κ1) is 10.7. The second kappa shape index (κ2) is 4.74. The molecule has 1 aromatic heterocycles. The van der Waals surface area contributed by atoms with E-state index < -0.39 is 5.97 Å². The molecule has 0 atom stereocenters. The summed E-state index contributed by atoms with van der Waals surface area (Å²) in [6, 6.07) is 0. The maximum Gasteiger partial charge on any atom is 0.376 e. The Morgan fingerprint density at radius 3 is 2.93 bits per heavy atom. The zero-order chi connectivity index (χ0) is 10.6. The average Bonchev–Trinajstić information content (AvgIpc) is 2.51. The van der Waals surface area contributed by atoms with Gasteiger partial charge < -0.3 is 9.30 Å². The van der Waals surface area contributed by atoms with E-state index in [1.165, 1.54) is 0 Å². The highest BCUT2D eigenvalue weighted by atomic mass is 16.5. The third-order valence-corrected chi connectivity index (χ3v) is 1.64. The van der Waals surface area contributed by atoms with Crippen LogP contribution >= 0.6 is 0 Å². The van der Waals surface area contributed by atoms with Crippen LogP contribution in [0.5, 0.6) is 0 Å². The van der Waals surface area contributed by atoms with Gasteiger partial charge in [-0.15, -0.1) is 10.2 Å². The first-order valence-corrected chi connectivity index (χ1v) is 4.70. The maximum absolute atomic E-state index is 11.4. The summed E-state index contributed by atoms with van der Waals surface area (Å²) in [5.74, 6) is 0.311. The van der Waals surface area contributed by atoms with Gasteiger partial charge in [0.2, 0.25) is 5.82 Å². The van der Waals surface area contributed by atoms with Gasteiger partial charge in [0.1, 0.15) is 6.33 Å². The summed E-state index contributed by atoms with van der Waals surface area (Å²) in [6.45, 7) is 6.97. The Bertz CT molecular complexity index is 307. The first-order chi connectivity index (χ1) is 6.65. The number of ether oxygens (including phenoxy) is 1. The Morgan fingerprint density at radius 2 is 2.36 bits per heavy atom. The smallest absolute Gasteiger partial charge is 0.376 e. The molecule has 0 spiro atoms. The van der Waals surface area contributed by atoms with Gasteiger partial charge in [0.15, 0.2) is 0 Å². The minimum atomic E-state index is -0.411. The first-order valence-electron chi connectivity index (χ1n) is 4.70. The summed E-state index contributed by atoms with van der Waals surface area (Å²) in [7, 11) is 0. The highest BCUT2D eigenvalue weighted by molar-refractivity contribution is 5.85. The van der Waals surface area contributed by atoms with Gasteiger partial charge in [-0.2, -0.15) is 0 Å². The fraction of sp³-hybridized carbons (Fsp3) is 0.667. The fourth-order valence-electron chi connectivity index (χ4n) is 1.14. The number of carbonyl (C=O) groups is 1. The monoisotopic (exact) mass is 197 g/mol. The van der Waals surface area contributed by atoms with Crippen LogP contribution < -0.4 is 0 Å². The molecule has 0 saturated heterocycles. The van der Waals surface area contributed by atoms with Crippen molar-refractivity contribution in [2.24, 2.45) is 5.92 Å². The van der Waals surface area contributed by atoms with Gasteiger partial charge in [0.05, 0.1) is 6.61 Å². The standard InChI is InChI=1S/C9H15N3O2/c1-4-14-9(13)8-11-10-6-12(8)5-7(2)3/h6-7H,4-5H2,1-3H3. The summed E-state index contributed by atoms with van der Waals surface area (Å²) in [5, 5.41) is 7.42. The van der Waals surface area contributed by atoms with Crippen molar-refractivity contribution in [2.75, 3.05) is 6.61 Å². The molecule has 1 rings (SSSR count). The third kappa shape index (κ3) is 2.55. The van der Waals surface area contributed by atoms with Gasteiger partial charge >= 0.3 is 5.97 Å². The van der Waals surface area contributed by atoms with Crippen molar-refractivity contribution in [1.29, 1.82) is 0 Å². The van der Waals surface area contributed by atoms with Crippen LogP contribution in [0, 0.1) is 5.92 Å². The number of rotatable bonds is 4. The van der Waals surface area contributed by atoms with E-state index >= 15 is 0 Å². The molecule has 0 bridgehead atoms. The Kier molecular flexibility index (Phi) is 3.62. The lowest BCUT2D eigenvalue weighted by Crippen LogP contribution is -2.15. The predicted molar refractivity (Wildman–Crippen MR) is 50.8 cm³/mol. The van der Waals surface area contributed by atoms with Crippen LogP contribution in [0.25, 0.3) is 0 Å². The van der Waals surface area contributed by atoms with Crippen LogP contribution in [-0.2, 0) is 11.3 Å². The van der Waals surface area contributed by atoms with E-state index in [1.54, 1.807) is 17.8 Å². The fourth-order valence-corrected chi connectivity index (χ4v) is 1.14. The summed E-state index contributed by atoms with van der Waals surface area (Å²) in [6.07, 6.45) is 1.55. The van der Waals surface area contributed by atoms with Crippen molar-refractivity contribution in [3.63, 3.8) is 0 Å². The molecule has 5 heteroatoms. The minimum absolute atomic E-state index is 0.278. The number of hydrogen-bond acceptors (Lipinski definition) is 4. The molecule has 78 valence electrons. The molecule has 1 heterocycles. The summed E-state index contributed by atoms with van der Waals surface area (Å²) < 4.78 is 6.56. The van der Waals surface area contributed by atoms with Gasteiger partial charge in [0, 0.05) is 6.54 Å². The molecule has 0 unspecified atom stereocenters. The lowest BCUT2D eigenvalue weighted by molar-refractivity contribution is 0.0505. The van der Waals surface area contributed by atoms with Gasteiger partial charge in [-0.1, -0.05) is 13.8 Å². The SMILES string of the molecule is CCOC(=O)c1nncn1CC(C)C. The largest absolute Gasteiger partial charge is 0.460 e. The molecule has 0 amide bonds. The second-order valence-corrected chi connectivity index (χ2v) is 3.42. The molecule has 0 N–H and O–H groups in total. The molecular weight excluding hydrogens is 182 g/mol. The van der Waals surface area contributed by atoms with E-state index in [-0.39, 0.29) is 5.82 Å². The molecule has 0 aliphatic rings. The van der Waals surface area contributed by atoms with E-state index in [1.807, 2.05) is 0 Å². The minimum Gasteiger partial charge on any atom is -0.460 e. The Morgan fingerprint density at radius 1 is 1.64 bits per heavy atom. The van der Waals surface area contributed by atoms with Crippen LogP contribution in [0.15, 0.2) is 6.33 Å². The number of aromatic nitrogens is 3. The number of carbonyl (C=O) groups excluding carboxylic acids is 1. The molecule has 14 heavy (non-hydrogen) atoms. The van der Waals surface area contributed by atoms with Crippen molar-refractivity contribution < 1.29 is 9.53 Å². The zero-order valence-corrected chi connectivity index (χ0v) is 8.73. The Hall–Kier alpha value is -1.39. The number of hydrogen-bond donors (Lipinski definition) is 0. The highest BCUT2D eigenvalue weighted by Crippen LogP contribution is 2.03. The van der Waals surface area contributed by atoms with Crippen LogP contribution in [0.2, 0.25) is 0 Å². The van der Waals surface area contributed by atoms with Crippen molar-refractivity contribution in [3.8, 4) is 0 Å². The van der Waals surface area contributed by atoms with Crippen LogP contribution in [0.4, 0.5) is 0 Å². The topological polar surface area (TPSA) is 57.0 Å². The molecule has 0 aliphatic heterocycles. The molecule has 0 aliphatic carbocycles. The quantitative estimate of drug-likeness (QED) is 0.678. The molecular formula is C9H15N3O2. The average molecular weight is 197 g/mol. The molecule has 5 nitrogen and oxygen atoms in total. The lowest BCUT2D eigenvalue weighted by Gasteiger charge is -2.07. The highest BCUT2D eigenvalue weighted by Gasteiger charge is 2.15. The Labute approximate surface area is 83.1 Å². The molecule has 0 radical (unpaired) electrons.